The van der Waals surface area contributed by atoms with E-state index in [0.29, 0.717) is 10.7 Å². The van der Waals surface area contributed by atoms with Gasteiger partial charge in [-0.1, -0.05) is 34.8 Å². The van der Waals surface area contributed by atoms with Crippen LogP contribution in [-0.2, 0) is 4.79 Å². The Hall–Kier alpha value is -0.690. The molecule has 0 N–H and O–H groups in total. The highest BCUT2D eigenvalue weighted by Gasteiger charge is 2.47. The van der Waals surface area contributed by atoms with E-state index < -0.39 is 21.9 Å². The molecule has 3 amide bonds. The van der Waals surface area contributed by atoms with Crippen molar-refractivity contribution < 1.29 is 14.0 Å². The van der Waals surface area contributed by atoms with E-state index in [1.165, 1.54) is 19.1 Å². The molecule has 0 bridgehead atoms. The molecule has 108 valence electrons. The van der Waals surface area contributed by atoms with Gasteiger partial charge >= 0.3 is 9.95 Å². The first-order valence-electron chi connectivity index (χ1n) is 5.39. The molecule has 1 aliphatic rings. The van der Waals surface area contributed by atoms with Crippen LogP contribution in [0, 0.1) is 0 Å². The molecule has 1 aliphatic heterocycles. The second-order valence-electron chi connectivity index (χ2n) is 3.97. The van der Waals surface area contributed by atoms with Gasteiger partial charge in [0.15, 0.2) is 0 Å². The first-order chi connectivity index (χ1) is 9.20. The Morgan fingerprint density at radius 3 is 2.30 bits per heavy atom. The van der Waals surface area contributed by atoms with Gasteiger partial charge in [0.1, 0.15) is 6.04 Å². The van der Waals surface area contributed by atoms with Crippen LogP contribution in [-0.4, -0.2) is 26.2 Å². The molecular weight excluding hydrogens is 350 g/mol. The van der Waals surface area contributed by atoms with Crippen molar-refractivity contribution in [2.45, 2.75) is 16.9 Å². The zero-order valence-electron chi connectivity index (χ0n) is 10.0. The van der Waals surface area contributed by atoms with Crippen molar-refractivity contribution in [3.05, 3.63) is 29.3 Å². The number of anilines is 1. The summed E-state index contributed by atoms with van der Waals surface area (Å²) in [4.78, 5) is 25.2. The van der Waals surface area contributed by atoms with Crippen LogP contribution in [0.3, 0.4) is 0 Å². The molecule has 1 saturated heterocycles. The van der Waals surface area contributed by atoms with Crippen molar-refractivity contribution in [3.63, 3.8) is 0 Å². The fraction of sp³-hybridized carbons (Fsp3) is 0.273. The average Bonchev–Trinajstić information content (AvgIpc) is 2.54. The van der Waals surface area contributed by atoms with Crippen LogP contribution in [0.1, 0.15) is 6.92 Å². The Labute approximate surface area is 133 Å². The summed E-state index contributed by atoms with van der Waals surface area (Å²) in [5.41, 5.74) is 0.341. The Morgan fingerprint density at radius 2 is 1.80 bits per heavy atom. The van der Waals surface area contributed by atoms with Crippen molar-refractivity contribution in [1.29, 1.82) is 0 Å². The molecular formula is C11H8Cl3FN2O2S. The van der Waals surface area contributed by atoms with E-state index in [0.717, 1.165) is 9.21 Å². The number of hydrogen-bond donors (Lipinski definition) is 0. The van der Waals surface area contributed by atoms with E-state index in [1.54, 1.807) is 12.1 Å². The Bertz CT molecular complexity index is 550. The van der Waals surface area contributed by atoms with Crippen LogP contribution < -0.4 is 4.90 Å². The molecule has 2 rings (SSSR count). The van der Waals surface area contributed by atoms with Crippen LogP contribution in [0.4, 0.5) is 14.9 Å². The number of halogens is 4. The van der Waals surface area contributed by atoms with E-state index >= 15 is 0 Å². The van der Waals surface area contributed by atoms with Gasteiger partial charge in [0.05, 0.1) is 5.69 Å². The first kappa shape index (κ1) is 15.7. The van der Waals surface area contributed by atoms with Crippen molar-refractivity contribution in [2.24, 2.45) is 0 Å². The van der Waals surface area contributed by atoms with Gasteiger partial charge in [-0.2, -0.15) is 4.39 Å². The van der Waals surface area contributed by atoms with Crippen LogP contribution in [0.25, 0.3) is 0 Å². The summed E-state index contributed by atoms with van der Waals surface area (Å²) in [6, 6.07) is 4.53. The number of rotatable bonds is 3. The lowest BCUT2D eigenvalue weighted by Gasteiger charge is -2.20. The normalized spacial score (nSPS) is 19.9. The zero-order valence-corrected chi connectivity index (χ0v) is 13.1. The van der Waals surface area contributed by atoms with Crippen LogP contribution in [0.2, 0.25) is 5.02 Å². The summed E-state index contributed by atoms with van der Waals surface area (Å²) < 4.78 is 11.5. The predicted molar refractivity (Wildman–Crippen MR) is 78.8 cm³/mol. The summed E-state index contributed by atoms with van der Waals surface area (Å²) in [5, 5.41) is 0.469. The first-order valence-corrected chi connectivity index (χ1v) is 7.30. The van der Waals surface area contributed by atoms with Crippen molar-refractivity contribution >= 4 is 64.4 Å². The number of alkyl halides is 3. The minimum absolute atomic E-state index is 0.245. The highest BCUT2D eigenvalue weighted by Crippen LogP contribution is 2.42. The largest absolute Gasteiger partial charge is 0.342 e. The minimum atomic E-state index is -2.69. The third-order valence-electron chi connectivity index (χ3n) is 2.60. The number of nitrogens with zero attached hydrogens (tertiary/aromatic N) is 2. The van der Waals surface area contributed by atoms with Gasteiger partial charge < -0.3 is 0 Å². The molecule has 0 saturated carbocycles. The molecule has 4 nitrogen and oxygen atoms in total. The monoisotopic (exact) mass is 356 g/mol. The van der Waals surface area contributed by atoms with Crippen LogP contribution in [0.15, 0.2) is 24.3 Å². The van der Waals surface area contributed by atoms with Gasteiger partial charge in [-0.25, -0.2) is 9.69 Å². The summed E-state index contributed by atoms with van der Waals surface area (Å²) in [6.07, 6.45) is 0. The van der Waals surface area contributed by atoms with Crippen molar-refractivity contribution in [1.82, 2.24) is 4.31 Å². The molecule has 0 spiro atoms. The van der Waals surface area contributed by atoms with E-state index in [2.05, 4.69) is 0 Å². The summed E-state index contributed by atoms with van der Waals surface area (Å²) in [5.74, 6) is -0.498. The third kappa shape index (κ3) is 3.14. The Kier molecular flexibility index (Phi) is 4.39. The topological polar surface area (TPSA) is 40.6 Å². The number of benzene rings is 1. The molecule has 1 atom stereocenters. The number of amides is 3. The quantitative estimate of drug-likeness (QED) is 0.462. The number of imide groups is 1. The molecule has 0 radical (unpaired) electrons. The molecule has 20 heavy (non-hydrogen) atoms. The SMILES string of the molecule is CC1C(=O)N(c2ccc(Cl)cc2)C(=O)N1SC(F)(Cl)Cl. The van der Waals surface area contributed by atoms with E-state index in [-0.39, 0.29) is 11.9 Å². The molecule has 0 aliphatic carbocycles. The maximum Gasteiger partial charge on any atom is 0.342 e. The molecule has 1 heterocycles. The van der Waals surface area contributed by atoms with E-state index in [1.807, 2.05) is 0 Å². The van der Waals surface area contributed by atoms with E-state index in [4.69, 9.17) is 34.8 Å². The van der Waals surface area contributed by atoms with Gasteiger partial charge in [-0.15, -0.1) is 0 Å². The van der Waals surface area contributed by atoms with Crippen LogP contribution >= 0.6 is 46.8 Å². The second-order valence-corrected chi connectivity index (χ2v) is 7.23. The Balaban J connectivity index is 2.30. The summed E-state index contributed by atoms with van der Waals surface area (Å²) in [6.45, 7) is 1.46. The second kappa shape index (κ2) is 5.60. The van der Waals surface area contributed by atoms with Gasteiger partial charge in [0.25, 0.3) is 5.91 Å². The lowest BCUT2D eigenvalue weighted by Crippen LogP contribution is -2.31. The van der Waals surface area contributed by atoms with E-state index in [9.17, 15) is 14.0 Å². The number of urea groups is 1. The molecule has 9 heteroatoms. The van der Waals surface area contributed by atoms with Gasteiger partial charge in [-0.3, -0.25) is 9.10 Å². The maximum absolute atomic E-state index is 13.2. The number of hydrogen-bond acceptors (Lipinski definition) is 3. The summed E-state index contributed by atoms with van der Waals surface area (Å²) >= 11 is 16.4. The average molecular weight is 358 g/mol. The molecule has 0 aromatic heterocycles. The highest BCUT2D eigenvalue weighted by atomic mass is 35.5. The van der Waals surface area contributed by atoms with Crippen molar-refractivity contribution in [3.8, 4) is 0 Å². The van der Waals surface area contributed by atoms with Gasteiger partial charge in [0.2, 0.25) is 0 Å². The molecule has 1 fully saturated rings. The van der Waals surface area contributed by atoms with Gasteiger partial charge in [0, 0.05) is 17.0 Å². The summed E-state index contributed by atoms with van der Waals surface area (Å²) in [7, 11) is 0. The number of carbonyl (C=O) groups excluding carboxylic acids is 2. The van der Waals surface area contributed by atoms with Gasteiger partial charge in [-0.05, 0) is 31.2 Å². The molecule has 1 aromatic carbocycles. The molecule has 1 aromatic rings. The number of carbonyl (C=O) groups is 2. The standard InChI is InChI=1S/C11H8Cl3FN2O2S/c1-6-9(18)16(8-4-2-7(12)3-5-8)10(19)17(6)20-11(13,14)15/h2-6H,1H3. The predicted octanol–water partition coefficient (Wildman–Crippen LogP) is 4.20. The zero-order chi connectivity index (χ0) is 15.1. The van der Waals surface area contributed by atoms with Crippen LogP contribution in [0.5, 0.6) is 0 Å². The minimum Gasteiger partial charge on any atom is -0.272 e. The maximum atomic E-state index is 13.2. The smallest absolute Gasteiger partial charge is 0.272 e. The van der Waals surface area contributed by atoms with Crippen molar-refractivity contribution in [2.75, 3.05) is 4.90 Å². The Morgan fingerprint density at radius 1 is 1.25 bits per heavy atom. The molecule has 1 unspecified atom stereocenters. The third-order valence-corrected chi connectivity index (χ3v) is 4.14. The highest BCUT2D eigenvalue weighted by molar-refractivity contribution is 8.01. The lowest BCUT2D eigenvalue weighted by atomic mass is 10.2. The fourth-order valence-electron chi connectivity index (χ4n) is 1.70. The lowest BCUT2D eigenvalue weighted by molar-refractivity contribution is -0.118. The fourth-order valence-corrected chi connectivity index (χ4v) is 2.91.